The second kappa shape index (κ2) is 29.6. The average Bonchev–Trinajstić information content (AvgIpc) is 3.61. The van der Waals surface area contributed by atoms with Crippen LogP contribution in [0.25, 0.3) is 0 Å². The molecule has 8 N–H and O–H groups in total. The lowest BCUT2D eigenvalue weighted by Crippen LogP contribution is -2.21. The van der Waals surface area contributed by atoms with E-state index in [-0.39, 0.29) is 76.5 Å². The zero-order chi connectivity index (χ0) is 57.2. The van der Waals surface area contributed by atoms with E-state index in [2.05, 4.69) is 109 Å². The predicted molar refractivity (Wildman–Crippen MR) is 326 cm³/mol. The van der Waals surface area contributed by atoms with Crippen molar-refractivity contribution in [1.82, 2.24) is 0 Å². The van der Waals surface area contributed by atoms with Gasteiger partial charge in [-0.05, 0) is 186 Å². The molecule has 8 heteroatoms. The van der Waals surface area contributed by atoms with Gasteiger partial charge < -0.3 is 40.9 Å². The summed E-state index contributed by atoms with van der Waals surface area (Å²) in [6.45, 7) is -0.434. The maximum atomic E-state index is 10.2. The fraction of sp³-hybridized carbons (Fsp3) is 0.270. The van der Waals surface area contributed by atoms with Crippen LogP contribution in [-0.4, -0.2) is 40.9 Å². The molecule has 422 valence electrons. The second-order valence-electron chi connectivity index (χ2n) is 22.3. The van der Waals surface area contributed by atoms with Crippen LogP contribution < -0.4 is 0 Å². The Hall–Kier alpha value is -7.34. The molecule has 0 radical (unpaired) electrons. The summed E-state index contributed by atoms with van der Waals surface area (Å²) in [5, 5.41) is 81.5. The Morgan fingerprint density at radius 1 is 0.159 bits per heavy atom. The molecule has 0 saturated carbocycles. The summed E-state index contributed by atoms with van der Waals surface area (Å²) in [5.74, 6) is -0.268. The Balaban J connectivity index is 1.36. The van der Waals surface area contributed by atoms with E-state index in [1.54, 1.807) is 0 Å². The molecule has 0 heterocycles. The van der Waals surface area contributed by atoms with E-state index >= 15 is 0 Å². The van der Waals surface area contributed by atoms with E-state index in [1.807, 2.05) is 97.1 Å². The topological polar surface area (TPSA) is 162 Å². The molecule has 0 aliphatic heterocycles. The minimum absolute atomic E-state index is 0.0543. The van der Waals surface area contributed by atoms with Gasteiger partial charge in [-0.15, -0.1) is 0 Å². The van der Waals surface area contributed by atoms with Crippen molar-refractivity contribution in [3.8, 4) is 0 Å². The van der Waals surface area contributed by atoms with Crippen LogP contribution in [0.15, 0.2) is 206 Å². The predicted octanol–water partition coefficient (Wildman–Crippen LogP) is 11.9. The Labute approximate surface area is 484 Å². The third-order valence-corrected chi connectivity index (χ3v) is 16.5. The van der Waals surface area contributed by atoms with Crippen LogP contribution in [0.4, 0.5) is 0 Å². The van der Waals surface area contributed by atoms with Gasteiger partial charge in [0.25, 0.3) is 0 Å². The van der Waals surface area contributed by atoms with Crippen LogP contribution in [0.2, 0.25) is 0 Å². The van der Waals surface area contributed by atoms with Crippen molar-refractivity contribution in [3.05, 3.63) is 318 Å². The monoisotopic (exact) mass is 1090 g/mol. The molecule has 9 aromatic rings. The summed E-state index contributed by atoms with van der Waals surface area (Å²) in [6, 6.07) is 71.5. The van der Waals surface area contributed by atoms with Crippen molar-refractivity contribution >= 4 is 0 Å². The van der Waals surface area contributed by atoms with Crippen molar-refractivity contribution in [2.75, 3.05) is 0 Å². The molecule has 8 nitrogen and oxygen atoms in total. The number of hydrogen-bond donors (Lipinski definition) is 8. The van der Waals surface area contributed by atoms with Crippen molar-refractivity contribution in [2.24, 2.45) is 0 Å². The van der Waals surface area contributed by atoms with Gasteiger partial charge in [-0.3, -0.25) is 0 Å². The Kier molecular flexibility index (Phi) is 21.4. The molecule has 9 rings (SSSR count). The van der Waals surface area contributed by atoms with Crippen LogP contribution >= 0.6 is 0 Å². The first kappa shape index (κ1) is 59.3. The Morgan fingerprint density at radius 2 is 0.256 bits per heavy atom. The quantitative estimate of drug-likeness (QED) is 0.0240. The van der Waals surface area contributed by atoms with Crippen molar-refractivity contribution < 1.29 is 40.9 Å². The Bertz CT molecular complexity index is 2700. The first-order chi connectivity index (χ1) is 40.2. The molecular weight excluding hydrogens is 1020 g/mol. The third kappa shape index (κ3) is 16.0. The average molecular weight is 1100 g/mol. The van der Waals surface area contributed by atoms with Gasteiger partial charge in [-0.25, -0.2) is 0 Å². The van der Waals surface area contributed by atoms with E-state index in [1.165, 1.54) is 22.3 Å². The van der Waals surface area contributed by atoms with Gasteiger partial charge in [0.15, 0.2) is 0 Å². The molecule has 9 aromatic carbocycles. The SMILES string of the molecule is OCc1ccc(CC(Cc2ccc(CO)cc2)c2cc(C(Cc3ccc(CO)cc3)Cc3ccc(CO)cc3)c(C(Cc3ccc(CO)cc3)Cc3ccc(CO)cc3)cc2C(Cc2ccc(CO)cc2)Cc2ccc(CO)cc2)cc1. The minimum atomic E-state index is -0.0670. The highest BCUT2D eigenvalue weighted by molar-refractivity contribution is 5.50. The molecule has 0 saturated heterocycles. The van der Waals surface area contributed by atoms with Crippen LogP contribution in [0.5, 0.6) is 0 Å². The highest BCUT2D eigenvalue weighted by Gasteiger charge is 2.31. The van der Waals surface area contributed by atoms with E-state index in [0.29, 0.717) is 51.4 Å². The second-order valence-corrected chi connectivity index (χ2v) is 22.3. The Morgan fingerprint density at radius 3 is 0.354 bits per heavy atom. The van der Waals surface area contributed by atoms with E-state index in [0.717, 1.165) is 89.0 Å². The molecule has 0 atom stereocenters. The van der Waals surface area contributed by atoms with Gasteiger partial charge in [0.1, 0.15) is 0 Å². The van der Waals surface area contributed by atoms with Gasteiger partial charge in [0.2, 0.25) is 0 Å². The van der Waals surface area contributed by atoms with Crippen LogP contribution in [0.3, 0.4) is 0 Å². The smallest absolute Gasteiger partial charge is 0.0681 e. The minimum Gasteiger partial charge on any atom is -0.392 e. The first-order valence-electron chi connectivity index (χ1n) is 28.8. The fourth-order valence-electron chi connectivity index (χ4n) is 11.8. The summed E-state index contributed by atoms with van der Waals surface area (Å²) in [5.41, 5.74) is 20.8. The molecule has 0 spiro atoms. The number of hydrogen-bond acceptors (Lipinski definition) is 8. The number of rotatable bonds is 28. The maximum Gasteiger partial charge on any atom is 0.0681 e. The molecule has 0 aliphatic carbocycles. The zero-order valence-electron chi connectivity index (χ0n) is 46.8. The van der Waals surface area contributed by atoms with Crippen LogP contribution in [0, 0.1) is 0 Å². The molecule has 0 unspecified atom stereocenters. The molecule has 0 fully saturated rings. The number of aliphatic hydroxyl groups excluding tert-OH is 8. The summed E-state index contributed by atoms with van der Waals surface area (Å²) >= 11 is 0. The summed E-state index contributed by atoms with van der Waals surface area (Å²) in [6.07, 6.45) is 5.52. The van der Waals surface area contributed by atoms with Gasteiger partial charge in [-0.2, -0.15) is 0 Å². The van der Waals surface area contributed by atoms with E-state index in [9.17, 15) is 40.9 Å². The normalized spacial score (nSPS) is 11.7. The van der Waals surface area contributed by atoms with Crippen LogP contribution in [-0.2, 0) is 104 Å². The maximum absolute atomic E-state index is 10.2. The highest BCUT2D eigenvalue weighted by atomic mass is 16.3. The molecule has 0 amide bonds. The van der Waals surface area contributed by atoms with E-state index in [4.69, 9.17) is 0 Å². The van der Waals surface area contributed by atoms with Crippen LogP contribution in [0.1, 0.15) is 135 Å². The lowest BCUT2D eigenvalue weighted by atomic mass is 9.71. The molecule has 0 aliphatic rings. The van der Waals surface area contributed by atoms with Gasteiger partial charge in [0, 0.05) is 0 Å². The zero-order valence-corrected chi connectivity index (χ0v) is 46.8. The third-order valence-electron chi connectivity index (χ3n) is 16.5. The van der Waals surface area contributed by atoms with Crippen molar-refractivity contribution in [3.63, 3.8) is 0 Å². The molecule has 0 aromatic heterocycles. The fourth-order valence-corrected chi connectivity index (χ4v) is 11.8. The van der Waals surface area contributed by atoms with Crippen molar-refractivity contribution in [2.45, 2.75) is 128 Å². The largest absolute Gasteiger partial charge is 0.392 e. The van der Waals surface area contributed by atoms with Gasteiger partial charge in [0.05, 0.1) is 52.9 Å². The standard InChI is InChI=1S/C74H78O8/c75-43-59-17-1-51(2-18-59)33-67(34-52-3-19-60(44-76)20-4-52)71-41-73(69(37-55-9-25-63(47-79)26-10-55)38-56-11-27-64(48-80)28-12-56)74(70(39-57-13-29-65(49-81)30-14-57)40-58-15-31-66(50-82)32-16-58)42-72(71)68(35-53-5-21-61(45-77)22-6-53)36-54-7-23-62(46-78)24-8-54/h1-32,41-42,67-70,75-82H,33-40,43-50H2. The lowest BCUT2D eigenvalue weighted by Gasteiger charge is -2.33. The summed E-state index contributed by atoms with van der Waals surface area (Å²) in [7, 11) is 0. The summed E-state index contributed by atoms with van der Waals surface area (Å²) < 4.78 is 0. The highest BCUT2D eigenvalue weighted by Crippen LogP contribution is 2.44. The molecular formula is C74H78O8. The van der Waals surface area contributed by atoms with E-state index < -0.39 is 0 Å². The lowest BCUT2D eigenvalue weighted by molar-refractivity contribution is 0.281. The van der Waals surface area contributed by atoms with Crippen molar-refractivity contribution in [1.29, 1.82) is 0 Å². The number of benzene rings is 9. The number of aliphatic hydroxyl groups is 8. The summed E-state index contributed by atoms with van der Waals surface area (Å²) in [4.78, 5) is 0. The first-order valence-corrected chi connectivity index (χ1v) is 28.8. The molecule has 82 heavy (non-hydrogen) atoms. The molecule has 0 bridgehead atoms. The van der Waals surface area contributed by atoms with Gasteiger partial charge in [-0.1, -0.05) is 206 Å². The van der Waals surface area contributed by atoms with Gasteiger partial charge >= 0.3 is 0 Å².